The van der Waals surface area contributed by atoms with Crippen LogP contribution in [0.5, 0.6) is 5.75 Å². The van der Waals surface area contributed by atoms with Crippen molar-refractivity contribution in [1.29, 1.82) is 0 Å². The largest absolute Gasteiger partial charge is 0.494 e. The van der Waals surface area contributed by atoms with E-state index in [2.05, 4.69) is 4.98 Å². The average molecular weight is 239 g/mol. The number of ether oxygens (including phenoxy) is 1. The second-order valence-electron chi connectivity index (χ2n) is 3.12. The molecule has 0 atom stereocenters. The first-order valence-corrected chi connectivity index (χ1v) is 5.29. The number of methoxy groups -OCH3 is 1. The Morgan fingerprint density at radius 3 is 2.62 bits per heavy atom. The van der Waals surface area contributed by atoms with Crippen LogP contribution in [-0.2, 0) is 0 Å². The van der Waals surface area contributed by atoms with Crippen molar-refractivity contribution in [2.75, 3.05) is 18.6 Å². The molecule has 84 valence electrons. The first kappa shape index (κ1) is 10.7. The van der Waals surface area contributed by atoms with Crippen LogP contribution >= 0.6 is 11.3 Å². The van der Waals surface area contributed by atoms with E-state index in [1.165, 1.54) is 24.5 Å². The lowest BCUT2D eigenvalue weighted by atomic mass is 10.2. The van der Waals surface area contributed by atoms with Gasteiger partial charge in [-0.05, 0) is 23.8 Å². The Bertz CT molecular complexity index is 527. The maximum absolute atomic E-state index is 13.5. The van der Waals surface area contributed by atoms with E-state index in [9.17, 15) is 4.39 Å². The number of thiazole rings is 1. The lowest BCUT2D eigenvalue weighted by Gasteiger charge is -2.03. The highest BCUT2D eigenvalue weighted by Crippen LogP contribution is 2.35. The summed E-state index contributed by atoms with van der Waals surface area (Å²) < 4.78 is 18.3. The molecular weight excluding hydrogens is 229 g/mol. The molecule has 1 heterocycles. The highest BCUT2D eigenvalue weighted by molar-refractivity contribution is 7.19. The molecule has 0 bridgehead atoms. The minimum atomic E-state index is -0.439. The van der Waals surface area contributed by atoms with Crippen molar-refractivity contribution in [2.24, 2.45) is 0 Å². The molecule has 1 aromatic heterocycles. The van der Waals surface area contributed by atoms with Crippen LogP contribution in [0.15, 0.2) is 18.2 Å². The number of nitrogens with two attached hydrogens (primary N) is 2. The van der Waals surface area contributed by atoms with Gasteiger partial charge in [-0.3, -0.25) is 0 Å². The predicted molar refractivity (Wildman–Crippen MR) is 62.9 cm³/mol. The van der Waals surface area contributed by atoms with E-state index in [4.69, 9.17) is 16.2 Å². The van der Waals surface area contributed by atoms with Crippen molar-refractivity contribution in [3.63, 3.8) is 0 Å². The maximum atomic E-state index is 13.5. The van der Waals surface area contributed by atoms with Crippen molar-refractivity contribution >= 4 is 22.3 Å². The first-order valence-electron chi connectivity index (χ1n) is 4.47. The van der Waals surface area contributed by atoms with Crippen molar-refractivity contribution in [3.8, 4) is 16.2 Å². The van der Waals surface area contributed by atoms with E-state index in [1.807, 2.05) is 0 Å². The van der Waals surface area contributed by atoms with Crippen LogP contribution in [0.1, 0.15) is 0 Å². The van der Waals surface area contributed by atoms with E-state index in [1.54, 1.807) is 12.1 Å². The standard InChI is InChI=1S/C10H10FN3OS/c1-15-7-3-2-5(4-6(7)11)8-9(12)14-10(13)16-8/h2-4H,12H2,1H3,(H2,13,14). The van der Waals surface area contributed by atoms with Gasteiger partial charge in [0.25, 0.3) is 0 Å². The molecule has 16 heavy (non-hydrogen) atoms. The Labute approximate surface area is 95.7 Å². The fraction of sp³-hybridized carbons (Fsp3) is 0.100. The molecule has 4 nitrogen and oxygen atoms in total. The van der Waals surface area contributed by atoms with Crippen molar-refractivity contribution in [1.82, 2.24) is 4.98 Å². The highest BCUT2D eigenvalue weighted by Gasteiger charge is 2.11. The Morgan fingerprint density at radius 1 is 1.38 bits per heavy atom. The van der Waals surface area contributed by atoms with Crippen LogP contribution in [0.2, 0.25) is 0 Å². The van der Waals surface area contributed by atoms with Crippen LogP contribution in [0.4, 0.5) is 15.3 Å². The van der Waals surface area contributed by atoms with Crippen molar-refractivity contribution < 1.29 is 9.13 Å². The number of rotatable bonds is 2. The number of nitrogens with zero attached hydrogens (tertiary/aromatic N) is 1. The third-order valence-electron chi connectivity index (χ3n) is 2.08. The van der Waals surface area contributed by atoms with Crippen LogP contribution in [0.3, 0.4) is 0 Å². The minimum Gasteiger partial charge on any atom is -0.494 e. The van der Waals surface area contributed by atoms with Gasteiger partial charge in [0.15, 0.2) is 16.7 Å². The number of hydrogen-bond acceptors (Lipinski definition) is 5. The Balaban J connectivity index is 2.49. The van der Waals surface area contributed by atoms with Gasteiger partial charge in [0.05, 0.1) is 12.0 Å². The molecule has 0 unspecified atom stereocenters. The van der Waals surface area contributed by atoms with Gasteiger partial charge in [-0.15, -0.1) is 0 Å². The second kappa shape index (κ2) is 3.97. The number of nitrogen functional groups attached to an aromatic ring is 2. The molecule has 4 N–H and O–H groups in total. The number of halogens is 1. The summed E-state index contributed by atoms with van der Waals surface area (Å²) in [4.78, 5) is 4.55. The topological polar surface area (TPSA) is 74.2 Å². The smallest absolute Gasteiger partial charge is 0.182 e. The third-order valence-corrected chi connectivity index (χ3v) is 3.03. The maximum Gasteiger partial charge on any atom is 0.182 e. The van der Waals surface area contributed by atoms with E-state index >= 15 is 0 Å². The predicted octanol–water partition coefficient (Wildman–Crippen LogP) is 2.12. The molecule has 2 rings (SSSR count). The van der Waals surface area contributed by atoms with Crippen LogP contribution in [0.25, 0.3) is 10.4 Å². The van der Waals surface area contributed by atoms with Crippen LogP contribution < -0.4 is 16.2 Å². The summed E-state index contributed by atoms with van der Waals surface area (Å²) in [5.74, 6) is 0.0678. The molecule has 0 radical (unpaired) electrons. The zero-order valence-corrected chi connectivity index (χ0v) is 9.34. The molecule has 0 amide bonds. The van der Waals surface area contributed by atoms with Gasteiger partial charge in [-0.1, -0.05) is 11.3 Å². The Hall–Kier alpha value is -1.82. The molecule has 0 fully saturated rings. The minimum absolute atomic E-state index is 0.194. The molecule has 0 saturated carbocycles. The molecule has 0 aliphatic carbocycles. The fourth-order valence-corrected chi connectivity index (χ4v) is 2.11. The summed E-state index contributed by atoms with van der Waals surface area (Å²) in [6.45, 7) is 0. The van der Waals surface area contributed by atoms with Crippen LogP contribution in [0, 0.1) is 5.82 Å². The molecule has 6 heteroatoms. The monoisotopic (exact) mass is 239 g/mol. The van der Waals surface area contributed by atoms with E-state index < -0.39 is 5.82 Å². The zero-order valence-electron chi connectivity index (χ0n) is 8.53. The average Bonchev–Trinajstić information content (AvgIpc) is 2.58. The van der Waals surface area contributed by atoms with Gasteiger partial charge >= 0.3 is 0 Å². The summed E-state index contributed by atoms with van der Waals surface area (Å²) in [5.41, 5.74) is 11.8. The second-order valence-corrected chi connectivity index (χ2v) is 4.15. The highest BCUT2D eigenvalue weighted by atomic mass is 32.1. The molecular formula is C10H10FN3OS. The SMILES string of the molecule is COc1ccc(-c2sc(N)nc2N)cc1F. The fourth-order valence-electron chi connectivity index (χ4n) is 1.36. The number of hydrogen-bond donors (Lipinski definition) is 2. The molecule has 0 aliphatic heterocycles. The van der Waals surface area contributed by atoms with E-state index in [0.29, 0.717) is 21.4 Å². The molecule has 0 saturated heterocycles. The zero-order chi connectivity index (χ0) is 11.7. The normalized spacial score (nSPS) is 10.4. The first-order chi connectivity index (χ1) is 7.61. The van der Waals surface area contributed by atoms with Gasteiger partial charge in [0, 0.05) is 0 Å². The van der Waals surface area contributed by atoms with Crippen molar-refractivity contribution in [3.05, 3.63) is 24.0 Å². The summed E-state index contributed by atoms with van der Waals surface area (Å²) in [6.07, 6.45) is 0. The number of aromatic nitrogens is 1. The molecule has 0 aliphatic rings. The summed E-state index contributed by atoms with van der Waals surface area (Å²) in [7, 11) is 1.41. The Morgan fingerprint density at radius 2 is 2.12 bits per heavy atom. The summed E-state index contributed by atoms with van der Waals surface area (Å²) >= 11 is 1.22. The van der Waals surface area contributed by atoms with Crippen LogP contribution in [-0.4, -0.2) is 12.1 Å². The number of anilines is 2. The summed E-state index contributed by atoms with van der Waals surface area (Å²) in [5, 5.41) is 0.365. The molecule has 1 aromatic carbocycles. The lowest BCUT2D eigenvalue weighted by molar-refractivity contribution is 0.386. The molecule has 2 aromatic rings. The number of benzene rings is 1. The lowest BCUT2D eigenvalue weighted by Crippen LogP contribution is -1.90. The van der Waals surface area contributed by atoms with Gasteiger partial charge in [0.1, 0.15) is 5.82 Å². The van der Waals surface area contributed by atoms with Gasteiger partial charge in [-0.2, -0.15) is 0 Å². The quantitative estimate of drug-likeness (QED) is 0.841. The van der Waals surface area contributed by atoms with Gasteiger partial charge < -0.3 is 16.2 Å². The van der Waals surface area contributed by atoms with E-state index in [0.717, 1.165) is 0 Å². The molecule has 0 spiro atoms. The summed E-state index contributed by atoms with van der Waals surface area (Å²) in [6, 6.07) is 4.60. The van der Waals surface area contributed by atoms with Gasteiger partial charge in [-0.25, -0.2) is 9.37 Å². The van der Waals surface area contributed by atoms with E-state index in [-0.39, 0.29) is 5.75 Å². The van der Waals surface area contributed by atoms with Gasteiger partial charge in [0.2, 0.25) is 0 Å². The Kier molecular flexibility index (Phi) is 2.66. The van der Waals surface area contributed by atoms with Crippen molar-refractivity contribution in [2.45, 2.75) is 0 Å². The third kappa shape index (κ3) is 1.79.